The molecule has 8 nitrogen and oxygen atoms in total. The summed E-state index contributed by atoms with van der Waals surface area (Å²) in [5.74, 6) is 0.212. The van der Waals surface area contributed by atoms with E-state index in [1.54, 1.807) is 12.1 Å². The topological polar surface area (TPSA) is 108 Å². The zero-order chi connectivity index (χ0) is 23.2. The van der Waals surface area contributed by atoms with E-state index in [9.17, 15) is 18.0 Å². The molecule has 0 fully saturated rings. The number of ether oxygens (including phenoxy) is 2. The predicted molar refractivity (Wildman–Crippen MR) is 116 cm³/mol. The summed E-state index contributed by atoms with van der Waals surface area (Å²) in [5, 5.41) is 1.87. The van der Waals surface area contributed by atoms with Crippen molar-refractivity contribution in [1.29, 1.82) is 0 Å². The van der Waals surface area contributed by atoms with Crippen molar-refractivity contribution in [1.82, 2.24) is 5.32 Å². The van der Waals surface area contributed by atoms with Gasteiger partial charge in [-0.3, -0.25) is 9.59 Å². The number of esters is 1. The monoisotopic (exact) mass is 449 g/mol. The largest absolute Gasteiger partial charge is 0.453 e. The number of rotatable bonds is 9. The van der Waals surface area contributed by atoms with E-state index in [-0.39, 0.29) is 35.6 Å². The maximum absolute atomic E-state index is 12.6. The van der Waals surface area contributed by atoms with Crippen LogP contribution in [0.3, 0.4) is 0 Å². The lowest BCUT2D eigenvalue weighted by Gasteiger charge is -2.25. The maximum Gasteiger partial charge on any atom is 0.319 e. The molecular weight excluding hydrogens is 422 g/mol. The fourth-order valence-electron chi connectivity index (χ4n) is 2.68. The van der Waals surface area contributed by atoms with Crippen LogP contribution in [0, 0.1) is 6.92 Å². The molecule has 1 atom stereocenters. The van der Waals surface area contributed by atoms with Gasteiger partial charge >= 0.3 is 22.6 Å². The molecule has 2 aromatic carbocycles. The summed E-state index contributed by atoms with van der Waals surface area (Å²) in [6.45, 7) is 8.64. The van der Waals surface area contributed by atoms with Gasteiger partial charge in [0.05, 0.1) is 0 Å². The first-order chi connectivity index (χ1) is 14.4. The van der Waals surface area contributed by atoms with Gasteiger partial charge in [-0.05, 0) is 57.5 Å². The lowest BCUT2D eigenvalue weighted by Crippen LogP contribution is -2.40. The number of aryl methyl sites for hydroxylation is 1. The summed E-state index contributed by atoms with van der Waals surface area (Å²) < 4.78 is 40.6. The van der Waals surface area contributed by atoms with Crippen LogP contribution in [0.25, 0.3) is 0 Å². The normalized spacial score (nSPS) is 12.7. The molecule has 0 bridgehead atoms. The molecule has 0 amide bonds. The van der Waals surface area contributed by atoms with E-state index in [4.69, 9.17) is 9.47 Å². The molecule has 0 aromatic heterocycles. The second-order valence-corrected chi connectivity index (χ2v) is 9.77. The van der Waals surface area contributed by atoms with Crippen molar-refractivity contribution in [3.63, 3.8) is 0 Å². The van der Waals surface area contributed by atoms with Crippen LogP contribution in [0.15, 0.2) is 42.5 Å². The smallest absolute Gasteiger partial charge is 0.319 e. The second-order valence-electron chi connectivity index (χ2n) is 8.02. The van der Waals surface area contributed by atoms with Gasteiger partial charge in [-0.1, -0.05) is 23.8 Å². The van der Waals surface area contributed by atoms with Crippen LogP contribution in [0.4, 0.5) is 0 Å². The van der Waals surface area contributed by atoms with Gasteiger partial charge in [-0.15, -0.1) is 0 Å². The lowest BCUT2D eigenvalue weighted by atomic mass is 10.1. The Morgan fingerprint density at radius 3 is 2.29 bits per heavy atom. The molecule has 0 spiro atoms. The Morgan fingerprint density at radius 2 is 1.74 bits per heavy atom. The zero-order valence-electron chi connectivity index (χ0n) is 18.2. The van der Waals surface area contributed by atoms with Crippen molar-refractivity contribution in [3.05, 3.63) is 53.6 Å². The fourth-order valence-corrected chi connectivity index (χ4v) is 3.70. The maximum atomic E-state index is 12.6. The minimum atomic E-state index is -4.28. The minimum absolute atomic E-state index is 0.0304. The Labute approximate surface area is 182 Å². The van der Waals surface area contributed by atoms with E-state index in [0.29, 0.717) is 5.75 Å². The van der Waals surface area contributed by atoms with Crippen molar-refractivity contribution < 1.29 is 31.7 Å². The molecule has 0 radical (unpaired) electrons. The highest BCUT2D eigenvalue weighted by molar-refractivity contribution is 7.87. The lowest BCUT2D eigenvalue weighted by molar-refractivity contribution is -0.132. The van der Waals surface area contributed by atoms with Crippen molar-refractivity contribution in [2.75, 3.05) is 6.54 Å². The van der Waals surface area contributed by atoms with Crippen molar-refractivity contribution in [3.8, 4) is 17.2 Å². The van der Waals surface area contributed by atoms with Crippen molar-refractivity contribution in [2.45, 2.75) is 45.4 Å². The molecule has 2 rings (SSSR count). The molecule has 0 aliphatic heterocycles. The Hall–Kier alpha value is -2.91. The van der Waals surface area contributed by atoms with Gasteiger partial charge < -0.3 is 19.0 Å². The van der Waals surface area contributed by atoms with Crippen LogP contribution >= 0.6 is 0 Å². The molecule has 0 aliphatic carbocycles. The van der Waals surface area contributed by atoms with Crippen LogP contribution in [-0.4, -0.2) is 32.9 Å². The third-order valence-corrected chi connectivity index (χ3v) is 5.66. The van der Waals surface area contributed by atoms with E-state index in [2.05, 4.69) is 9.50 Å². The quantitative estimate of drug-likeness (QED) is 0.268. The minimum Gasteiger partial charge on any atom is -0.453 e. The van der Waals surface area contributed by atoms with Crippen molar-refractivity contribution in [2.24, 2.45) is 0 Å². The molecule has 0 aliphatic rings. The van der Waals surface area contributed by atoms with Gasteiger partial charge in [0.15, 0.2) is 11.5 Å². The van der Waals surface area contributed by atoms with E-state index in [1.165, 1.54) is 25.1 Å². The summed E-state index contributed by atoms with van der Waals surface area (Å²) in [7, 11) is -4.28. The van der Waals surface area contributed by atoms with E-state index < -0.39 is 21.3 Å². The van der Waals surface area contributed by atoms with E-state index in [1.807, 2.05) is 39.8 Å². The highest BCUT2D eigenvalue weighted by atomic mass is 32.2. The van der Waals surface area contributed by atoms with Gasteiger partial charge in [-0.2, -0.15) is 8.42 Å². The van der Waals surface area contributed by atoms with Crippen LogP contribution in [0.5, 0.6) is 17.2 Å². The Bertz CT molecular complexity index is 1020. The second kappa shape index (κ2) is 9.93. The number of hydrogen-bond acceptors (Lipinski definition) is 8. The number of benzene rings is 2. The average Bonchev–Trinajstić information content (AvgIpc) is 2.64. The van der Waals surface area contributed by atoms with Crippen LogP contribution < -0.4 is 14.8 Å². The van der Waals surface area contributed by atoms with Crippen LogP contribution in [0.2, 0.25) is 0 Å². The first-order valence-electron chi connectivity index (χ1n) is 9.59. The molecule has 1 N–H and O–H groups in total. The molecule has 0 saturated carbocycles. The Morgan fingerprint density at radius 1 is 1.10 bits per heavy atom. The van der Waals surface area contributed by atoms with Gasteiger partial charge in [0.25, 0.3) is 0 Å². The third kappa shape index (κ3) is 7.37. The summed E-state index contributed by atoms with van der Waals surface area (Å²) in [6.07, 6.45) is 0. The molecule has 168 valence electrons. The molecule has 31 heavy (non-hydrogen) atoms. The summed E-state index contributed by atoms with van der Waals surface area (Å²) in [4.78, 5) is 22.4. The predicted octanol–water partition coefficient (Wildman–Crippen LogP) is 3.64. The van der Waals surface area contributed by atoms with Crippen LogP contribution in [0.1, 0.15) is 44.1 Å². The Balaban J connectivity index is 2.47. The first-order valence-corrected chi connectivity index (χ1v) is 11.1. The zero-order valence-corrected chi connectivity index (χ0v) is 19.0. The standard InChI is InChI=1S/C22H27NO7S/c1-15-6-9-18(10-7-15)30-19-11-8-17(12-20(19)29-16(2)25)21(13-23-22(3,4)5)31(26,27)28-14-24/h6-12,14,21,23H,13H2,1-5H3. The van der Waals surface area contributed by atoms with Crippen molar-refractivity contribution >= 4 is 22.6 Å². The van der Waals surface area contributed by atoms with Gasteiger partial charge in [0.2, 0.25) is 0 Å². The van der Waals surface area contributed by atoms with Gasteiger partial charge in [0.1, 0.15) is 11.0 Å². The SMILES string of the molecule is CC(=O)Oc1cc(C(CNC(C)(C)C)S(=O)(=O)OC=O)ccc1Oc1ccc(C)cc1. The summed E-state index contributed by atoms with van der Waals surface area (Å²) in [5.41, 5.74) is 0.936. The average molecular weight is 450 g/mol. The third-order valence-electron chi connectivity index (χ3n) is 4.18. The number of nitrogens with one attached hydrogen (secondary N) is 1. The summed E-state index contributed by atoms with van der Waals surface area (Å²) in [6, 6.07) is 11.7. The Kier molecular flexibility index (Phi) is 7.80. The molecule has 0 saturated heterocycles. The molecule has 2 aromatic rings. The number of hydrogen-bond donors (Lipinski definition) is 1. The molecular formula is C22H27NO7S. The highest BCUT2D eigenvalue weighted by Gasteiger charge is 2.31. The molecule has 0 heterocycles. The van der Waals surface area contributed by atoms with Crippen LogP contribution in [-0.2, 0) is 23.9 Å². The van der Waals surface area contributed by atoms with Gasteiger partial charge in [-0.25, -0.2) is 0 Å². The van der Waals surface area contributed by atoms with E-state index >= 15 is 0 Å². The number of carbonyl (C=O) groups is 2. The fraction of sp³-hybridized carbons (Fsp3) is 0.364. The first kappa shape index (κ1) is 24.4. The van der Waals surface area contributed by atoms with Gasteiger partial charge in [0, 0.05) is 19.0 Å². The highest BCUT2D eigenvalue weighted by Crippen LogP contribution is 2.36. The number of carbonyl (C=O) groups excluding carboxylic acids is 2. The molecule has 1 unspecified atom stereocenters. The summed E-state index contributed by atoms with van der Waals surface area (Å²) >= 11 is 0. The van der Waals surface area contributed by atoms with E-state index in [0.717, 1.165) is 5.56 Å². The molecule has 9 heteroatoms.